The van der Waals surface area contributed by atoms with Gasteiger partial charge in [0.15, 0.2) is 0 Å². The molecule has 0 spiro atoms. The smallest absolute Gasteiger partial charge is 0.0705 e. The molecule has 3 nitrogen and oxygen atoms in total. The van der Waals surface area contributed by atoms with Crippen LogP contribution in [0.1, 0.15) is 26.0 Å². The van der Waals surface area contributed by atoms with Crippen LogP contribution in [0.15, 0.2) is 24.3 Å². The molecule has 1 aromatic carbocycles. The third-order valence-electron chi connectivity index (χ3n) is 4.40. The number of aromatic nitrogens is 1. The lowest BCUT2D eigenvalue weighted by Gasteiger charge is -2.23. The fourth-order valence-corrected chi connectivity index (χ4v) is 3.65. The van der Waals surface area contributed by atoms with Crippen molar-refractivity contribution in [3.8, 4) is 0 Å². The first-order valence-corrected chi connectivity index (χ1v) is 8.71. The van der Waals surface area contributed by atoms with Gasteiger partial charge in [0.25, 0.3) is 0 Å². The molecule has 0 aliphatic carbocycles. The van der Waals surface area contributed by atoms with E-state index in [1.54, 1.807) is 0 Å². The molecule has 120 valence electrons. The number of rotatable bonds is 4. The summed E-state index contributed by atoms with van der Waals surface area (Å²) < 4.78 is 0. The third-order valence-corrected chi connectivity index (χ3v) is 4.83. The number of fused-ring (bicyclic) bond motifs is 1. The Balaban J connectivity index is 1.66. The van der Waals surface area contributed by atoms with Crippen LogP contribution in [0.3, 0.4) is 0 Å². The highest BCUT2D eigenvalue weighted by molar-refractivity contribution is 6.36. The van der Waals surface area contributed by atoms with Gasteiger partial charge in [-0.25, -0.2) is 0 Å². The minimum absolute atomic E-state index is 0.745. The Labute approximate surface area is 138 Å². The molecule has 0 unspecified atom stereocenters. The summed E-state index contributed by atoms with van der Waals surface area (Å²) in [6.07, 6.45) is 1.24. The van der Waals surface area contributed by atoms with Gasteiger partial charge in [0.05, 0.1) is 5.02 Å². The quantitative estimate of drug-likeness (QED) is 0.920. The van der Waals surface area contributed by atoms with Crippen molar-refractivity contribution in [2.75, 3.05) is 32.7 Å². The van der Waals surface area contributed by atoms with Crippen LogP contribution in [0, 0.1) is 5.92 Å². The number of hydrogen-bond donors (Lipinski definition) is 1. The van der Waals surface area contributed by atoms with Crippen molar-refractivity contribution in [2.24, 2.45) is 5.92 Å². The molecule has 0 amide bonds. The maximum absolute atomic E-state index is 6.55. The van der Waals surface area contributed by atoms with E-state index in [-0.39, 0.29) is 0 Å². The van der Waals surface area contributed by atoms with Crippen molar-refractivity contribution in [1.82, 2.24) is 14.8 Å². The topological polar surface area (TPSA) is 22.3 Å². The molecule has 1 N–H and O–H groups in total. The predicted octanol–water partition coefficient (Wildman–Crippen LogP) is 3.99. The molecular weight excluding hydrogens is 294 g/mol. The zero-order chi connectivity index (χ0) is 15.5. The Morgan fingerprint density at radius 1 is 1.09 bits per heavy atom. The van der Waals surface area contributed by atoms with E-state index in [9.17, 15) is 0 Å². The van der Waals surface area contributed by atoms with Crippen LogP contribution in [0.4, 0.5) is 0 Å². The molecule has 0 atom stereocenters. The average molecular weight is 320 g/mol. The van der Waals surface area contributed by atoms with Crippen molar-refractivity contribution in [3.05, 3.63) is 35.0 Å². The van der Waals surface area contributed by atoms with Crippen LogP contribution in [0.5, 0.6) is 0 Å². The molecule has 1 aliphatic heterocycles. The number of nitrogens with one attached hydrogen (secondary N) is 1. The van der Waals surface area contributed by atoms with E-state index in [4.69, 9.17) is 11.6 Å². The number of benzene rings is 1. The van der Waals surface area contributed by atoms with Gasteiger partial charge in [-0.3, -0.25) is 4.90 Å². The van der Waals surface area contributed by atoms with Gasteiger partial charge in [-0.15, -0.1) is 0 Å². The number of para-hydroxylation sites is 1. The molecule has 4 heteroatoms. The van der Waals surface area contributed by atoms with Gasteiger partial charge >= 0.3 is 0 Å². The van der Waals surface area contributed by atoms with Crippen molar-refractivity contribution >= 4 is 22.5 Å². The van der Waals surface area contributed by atoms with Gasteiger partial charge in [0.2, 0.25) is 0 Å². The van der Waals surface area contributed by atoms with Crippen molar-refractivity contribution in [2.45, 2.75) is 26.8 Å². The van der Waals surface area contributed by atoms with Crippen molar-refractivity contribution < 1.29 is 0 Å². The predicted molar refractivity (Wildman–Crippen MR) is 94.5 cm³/mol. The molecule has 0 bridgehead atoms. The molecule has 0 saturated carbocycles. The lowest BCUT2D eigenvalue weighted by atomic mass is 10.2. The second-order valence-electron chi connectivity index (χ2n) is 6.79. The first kappa shape index (κ1) is 15.9. The van der Waals surface area contributed by atoms with E-state index in [2.05, 4.69) is 46.8 Å². The number of aromatic amines is 1. The Morgan fingerprint density at radius 3 is 2.59 bits per heavy atom. The van der Waals surface area contributed by atoms with E-state index < -0.39 is 0 Å². The largest absolute Gasteiger partial charge is 0.356 e. The first-order chi connectivity index (χ1) is 10.6. The first-order valence-electron chi connectivity index (χ1n) is 8.33. The summed E-state index contributed by atoms with van der Waals surface area (Å²) in [7, 11) is 0. The van der Waals surface area contributed by atoms with Gasteiger partial charge in [0, 0.05) is 42.8 Å². The normalized spacial score (nSPS) is 18.2. The van der Waals surface area contributed by atoms with Gasteiger partial charge in [-0.05, 0) is 31.5 Å². The molecule has 0 radical (unpaired) electrons. The maximum Gasteiger partial charge on any atom is 0.0705 e. The zero-order valence-electron chi connectivity index (χ0n) is 13.6. The fraction of sp³-hybridized carbons (Fsp3) is 0.556. The molecule has 1 fully saturated rings. The van der Waals surface area contributed by atoms with Crippen molar-refractivity contribution in [3.63, 3.8) is 0 Å². The van der Waals surface area contributed by atoms with Gasteiger partial charge in [0.1, 0.15) is 0 Å². The summed E-state index contributed by atoms with van der Waals surface area (Å²) in [5.41, 5.74) is 2.29. The Bertz CT molecular complexity index is 620. The van der Waals surface area contributed by atoms with Crippen LogP contribution in [-0.2, 0) is 6.54 Å². The SMILES string of the molecule is CC(C)CN1CCCN(Cc2[nH]c3ccccc3c2Cl)CC1. The van der Waals surface area contributed by atoms with E-state index in [0.717, 1.165) is 53.7 Å². The Hall–Kier alpha value is -1.03. The molecule has 2 aromatic rings. The summed E-state index contributed by atoms with van der Waals surface area (Å²) in [6, 6.07) is 8.28. The second-order valence-corrected chi connectivity index (χ2v) is 7.17. The molecule has 2 heterocycles. The molecule has 22 heavy (non-hydrogen) atoms. The van der Waals surface area contributed by atoms with E-state index in [0.29, 0.717) is 0 Å². The minimum atomic E-state index is 0.745. The lowest BCUT2D eigenvalue weighted by molar-refractivity contribution is 0.234. The summed E-state index contributed by atoms with van der Waals surface area (Å²) in [5.74, 6) is 0.745. The number of nitrogens with zero attached hydrogens (tertiary/aromatic N) is 2. The standard InChI is InChI=1S/C18H26ClN3/c1-14(2)12-21-8-5-9-22(11-10-21)13-17-18(19)15-6-3-4-7-16(15)20-17/h3-4,6-7,14,20H,5,8-13H2,1-2H3. The Kier molecular flexibility index (Phi) is 5.07. The third kappa shape index (κ3) is 3.65. The summed E-state index contributed by atoms with van der Waals surface area (Å²) in [6.45, 7) is 11.4. The number of hydrogen-bond acceptors (Lipinski definition) is 2. The van der Waals surface area contributed by atoms with E-state index in [1.807, 2.05) is 6.07 Å². The van der Waals surface area contributed by atoms with Gasteiger partial charge in [-0.2, -0.15) is 0 Å². The minimum Gasteiger partial charge on any atom is -0.356 e. The van der Waals surface area contributed by atoms with Gasteiger partial charge < -0.3 is 9.88 Å². The monoisotopic (exact) mass is 319 g/mol. The summed E-state index contributed by atoms with van der Waals surface area (Å²) in [5, 5.41) is 2.02. The van der Waals surface area contributed by atoms with Crippen LogP contribution in [0.2, 0.25) is 5.02 Å². The van der Waals surface area contributed by atoms with Crippen LogP contribution in [0.25, 0.3) is 10.9 Å². The number of H-pyrrole nitrogens is 1. The fourth-order valence-electron chi connectivity index (χ4n) is 3.38. The maximum atomic E-state index is 6.55. The highest BCUT2D eigenvalue weighted by Gasteiger charge is 2.18. The highest BCUT2D eigenvalue weighted by atomic mass is 35.5. The van der Waals surface area contributed by atoms with E-state index >= 15 is 0 Å². The van der Waals surface area contributed by atoms with Crippen molar-refractivity contribution in [1.29, 1.82) is 0 Å². The Morgan fingerprint density at radius 2 is 1.82 bits per heavy atom. The molecule has 1 aromatic heterocycles. The van der Waals surface area contributed by atoms with Gasteiger partial charge in [-0.1, -0.05) is 43.6 Å². The molecular formula is C18H26ClN3. The summed E-state index contributed by atoms with van der Waals surface area (Å²) in [4.78, 5) is 8.61. The van der Waals surface area contributed by atoms with E-state index in [1.165, 1.54) is 19.5 Å². The zero-order valence-corrected chi connectivity index (χ0v) is 14.4. The molecule has 1 aliphatic rings. The second kappa shape index (κ2) is 7.03. The summed E-state index contributed by atoms with van der Waals surface area (Å²) >= 11 is 6.55. The molecule has 3 rings (SSSR count). The molecule has 1 saturated heterocycles. The average Bonchev–Trinajstić information content (AvgIpc) is 2.66. The highest BCUT2D eigenvalue weighted by Crippen LogP contribution is 2.28. The number of halogens is 1. The van der Waals surface area contributed by atoms with Crippen LogP contribution < -0.4 is 0 Å². The van der Waals surface area contributed by atoms with Crippen LogP contribution in [-0.4, -0.2) is 47.5 Å². The van der Waals surface area contributed by atoms with Crippen LogP contribution >= 0.6 is 11.6 Å². The lowest BCUT2D eigenvalue weighted by Crippen LogP contribution is -2.32.